The van der Waals surface area contributed by atoms with Gasteiger partial charge in [0.05, 0.1) is 7.11 Å². The molecule has 2 aliphatic rings. The van der Waals surface area contributed by atoms with E-state index < -0.39 is 0 Å². The lowest BCUT2D eigenvalue weighted by Crippen LogP contribution is -2.29. The molecule has 3 nitrogen and oxygen atoms in total. The quantitative estimate of drug-likeness (QED) is 0.920. The molecule has 0 fully saturated rings. The molecule has 1 unspecified atom stereocenters. The van der Waals surface area contributed by atoms with Crippen molar-refractivity contribution in [1.82, 2.24) is 0 Å². The zero-order valence-corrected chi connectivity index (χ0v) is 12.0. The summed E-state index contributed by atoms with van der Waals surface area (Å²) in [5.41, 5.74) is 4.40. The van der Waals surface area contributed by atoms with Crippen LogP contribution in [0, 0.1) is 5.41 Å². The fourth-order valence-corrected chi connectivity index (χ4v) is 3.87. The largest absolute Gasteiger partial charge is 0.497 e. The Balaban J connectivity index is 2.18. The maximum atomic E-state index is 12.1. The number of hydrogen-bond donors (Lipinski definition) is 1. The molecule has 0 bridgehead atoms. The molecular formula is C17H20O3. The summed E-state index contributed by atoms with van der Waals surface area (Å²) in [6.45, 7) is 2.10. The highest BCUT2D eigenvalue weighted by molar-refractivity contribution is 6.06. The molecule has 1 atom stereocenters. The monoisotopic (exact) mass is 272 g/mol. The van der Waals surface area contributed by atoms with Crippen LogP contribution in [0.5, 0.6) is 5.75 Å². The average molecular weight is 272 g/mol. The van der Waals surface area contributed by atoms with Crippen LogP contribution in [0.3, 0.4) is 0 Å². The Kier molecular flexibility index (Phi) is 3.17. The standard InChI is InChI=1S/C17H20O3/c1-11-15(19)5-6-17(7-8-18)10-12-9-13(20-2)3-4-14(12)16(11)17/h3-4,9,18H,5-8,10H2,1-2H3. The molecule has 1 aromatic rings. The number of allylic oxidation sites excluding steroid dienone is 2. The van der Waals surface area contributed by atoms with Crippen molar-refractivity contribution < 1.29 is 14.6 Å². The van der Waals surface area contributed by atoms with Gasteiger partial charge in [0.15, 0.2) is 5.78 Å². The number of ether oxygens (including phenoxy) is 1. The zero-order valence-electron chi connectivity index (χ0n) is 12.0. The van der Waals surface area contributed by atoms with Crippen molar-refractivity contribution in [2.24, 2.45) is 5.41 Å². The molecule has 0 aliphatic heterocycles. The Morgan fingerprint density at radius 1 is 1.40 bits per heavy atom. The Hall–Kier alpha value is -1.61. The number of hydrogen-bond acceptors (Lipinski definition) is 3. The number of rotatable bonds is 3. The summed E-state index contributed by atoms with van der Waals surface area (Å²) in [4.78, 5) is 12.1. The van der Waals surface area contributed by atoms with Crippen molar-refractivity contribution in [3.63, 3.8) is 0 Å². The van der Waals surface area contributed by atoms with E-state index in [4.69, 9.17) is 4.74 Å². The van der Waals surface area contributed by atoms with Gasteiger partial charge in [-0.15, -0.1) is 0 Å². The molecule has 20 heavy (non-hydrogen) atoms. The third kappa shape index (κ3) is 1.80. The second kappa shape index (κ2) is 4.74. The third-order valence-electron chi connectivity index (χ3n) is 4.86. The average Bonchev–Trinajstić information content (AvgIpc) is 2.77. The first-order chi connectivity index (χ1) is 9.61. The van der Waals surface area contributed by atoms with E-state index in [0.29, 0.717) is 6.42 Å². The van der Waals surface area contributed by atoms with E-state index in [1.54, 1.807) is 7.11 Å². The molecular weight excluding hydrogens is 252 g/mol. The normalized spacial score (nSPS) is 24.6. The van der Waals surface area contributed by atoms with Gasteiger partial charge in [0.25, 0.3) is 0 Å². The number of fused-ring (bicyclic) bond motifs is 3. The van der Waals surface area contributed by atoms with Crippen molar-refractivity contribution in [1.29, 1.82) is 0 Å². The van der Waals surface area contributed by atoms with Crippen molar-refractivity contribution in [3.05, 3.63) is 34.9 Å². The van der Waals surface area contributed by atoms with E-state index in [2.05, 4.69) is 12.1 Å². The van der Waals surface area contributed by atoms with Crippen molar-refractivity contribution in [3.8, 4) is 5.75 Å². The van der Waals surface area contributed by atoms with E-state index in [1.807, 2.05) is 13.0 Å². The van der Waals surface area contributed by atoms with Crippen LogP contribution in [0.25, 0.3) is 5.57 Å². The smallest absolute Gasteiger partial charge is 0.158 e. The molecule has 3 rings (SSSR count). The van der Waals surface area contributed by atoms with Gasteiger partial charge >= 0.3 is 0 Å². The summed E-state index contributed by atoms with van der Waals surface area (Å²) in [5.74, 6) is 1.10. The van der Waals surface area contributed by atoms with Crippen LogP contribution in [0.4, 0.5) is 0 Å². The van der Waals surface area contributed by atoms with Crippen molar-refractivity contribution in [2.45, 2.75) is 32.6 Å². The summed E-state index contributed by atoms with van der Waals surface area (Å²) in [6.07, 6.45) is 3.07. The molecule has 0 amide bonds. The maximum absolute atomic E-state index is 12.1. The fourth-order valence-electron chi connectivity index (χ4n) is 3.87. The molecule has 0 saturated heterocycles. The van der Waals surface area contributed by atoms with Crippen LogP contribution in [-0.2, 0) is 11.2 Å². The molecule has 106 valence electrons. The second-order valence-electron chi connectivity index (χ2n) is 5.88. The van der Waals surface area contributed by atoms with Crippen LogP contribution in [0.1, 0.15) is 37.3 Å². The lowest BCUT2D eigenvalue weighted by Gasteiger charge is -2.35. The Bertz CT molecular complexity index is 600. The first-order valence-electron chi connectivity index (χ1n) is 7.14. The van der Waals surface area contributed by atoms with Gasteiger partial charge in [-0.1, -0.05) is 6.07 Å². The molecule has 0 spiro atoms. The minimum absolute atomic E-state index is 0.0541. The number of carbonyl (C=O) groups is 1. The first-order valence-corrected chi connectivity index (χ1v) is 7.14. The number of benzene rings is 1. The van der Waals surface area contributed by atoms with Gasteiger partial charge < -0.3 is 9.84 Å². The van der Waals surface area contributed by atoms with Gasteiger partial charge in [-0.05, 0) is 60.6 Å². The Morgan fingerprint density at radius 3 is 2.90 bits per heavy atom. The van der Waals surface area contributed by atoms with Crippen LogP contribution in [0.2, 0.25) is 0 Å². The fraction of sp³-hybridized carbons (Fsp3) is 0.471. The molecule has 0 heterocycles. The number of ketones is 1. The van der Waals surface area contributed by atoms with Gasteiger partial charge in [0.1, 0.15) is 5.75 Å². The maximum Gasteiger partial charge on any atom is 0.158 e. The van der Waals surface area contributed by atoms with E-state index in [0.717, 1.165) is 30.6 Å². The molecule has 0 radical (unpaired) electrons. The highest BCUT2D eigenvalue weighted by atomic mass is 16.5. The first kappa shape index (κ1) is 13.4. The van der Waals surface area contributed by atoms with E-state index in [-0.39, 0.29) is 17.8 Å². The second-order valence-corrected chi connectivity index (χ2v) is 5.88. The lowest BCUT2D eigenvalue weighted by atomic mass is 9.68. The predicted molar refractivity (Wildman–Crippen MR) is 77.7 cm³/mol. The highest BCUT2D eigenvalue weighted by Crippen LogP contribution is 2.55. The zero-order chi connectivity index (χ0) is 14.3. The third-order valence-corrected chi connectivity index (χ3v) is 4.86. The Labute approximate surface area is 119 Å². The van der Waals surface area contributed by atoms with Gasteiger partial charge in [0.2, 0.25) is 0 Å². The summed E-state index contributed by atoms with van der Waals surface area (Å²) in [7, 11) is 1.67. The minimum Gasteiger partial charge on any atom is -0.497 e. The summed E-state index contributed by atoms with van der Waals surface area (Å²) in [6, 6.07) is 6.08. The van der Waals surface area contributed by atoms with Crippen LogP contribution in [-0.4, -0.2) is 24.6 Å². The number of methoxy groups -OCH3 is 1. The molecule has 1 N–H and O–H groups in total. The molecule has 3 heteroatoms. The van der Waals surface area contributed by atoms with E-state index in [1.165, 1.54) is 16.7 Å². The molecule has 1 aromatic carbocycles. The number of aliphatic hydroxyl groups is 1. The van der Waals surface area contributed by atoms with E-state index in [9.17, 15) is 9.90 Å². The van der Waals surface area contributed by atoms with Gasteiger partial charge in [0, 0.05) is 18.4 Å². The number of Topliss-reactive ketones (excluding diaryl/α,β-unsaturated/α-hetero) is 1. The molecule has 2 aliphatic carbocycles. The lowest BCUT2D eigenvalue weighted by molar-refractivity contribution is -0.116. The van der Waals surface area contributed by atoms with Gasteiger partial charge in [-0.2, -0.15) is 0 Å². The minimum atomic E-state index is -0.0541. The van der Waals surface area contributed by atoms with Crippen LogP contribution >= 0.6 is 0 Å². The van der Waals surface area contributed by atoms with E-state index >= 15 is 0 Å². The summed E-state index contributed by atoms with van der Waals surface area (Å²) in [5, 5.41) is 9.46. The number of carbonyl (C=O) groups excluding carboxylic acids is 1. The number of aliphatic hydroxyl groups excluding tert-OH is 1. The summed E-state index contributed by atoms with van der Waals surface area (Å²) < 4.78 is 5.30. The highest BCUT2D eigenvalue weighted by Gasteiger charge is 2.45. The molecule has 0 aromatic heterocycles. The predicted octanol–water partition coefficient (Wildman–Crippen LogP) is 2.76. The molecule has 0 saturated carbocycles. The SMILES string of the molecule is COc1ccc2c(c1)CC1(CCO)CCC(=O)C(C)=C21. The Morgan fingerprint density at radius 2 is 2.20 bits per heavy atom. The van der Waals surface area contributed by atoms with Crippen LogP contribution in [0.15, 0.2) is 23.8 Å². The summed E-state index contributed by atoms with van der Waals surface area (Å²) >= 11 is 0. The van der Waals surface area contributed by atoms with Crippen LogP contribution < -0.4 is 4.74 Å². The topological polar surface area (TPSA) is 46.5 Å². The van der Waals surface area contributed by atoms with Gasteiger partial charge in [-0.25, -0.2) is 0 Å². The van der Waals surface area contributed by atoms with Crippen molar-refractivity contribution in [2.75, 3.05) is 13.7 Å². The van der Waals surface area contributed by atoms with Gasteiger partial charge in [-0.3, -0.25) is 4.79 Å². The van der Waals surface area contributed by atoms with Crippen molar-refractivity contribution >= 4 is 11.4 Å².